The molecule has 28 heavy (non-hydrogen) atoms. The highest BCUT2D eigenvalue weighted by Crippen LogP contribution is 2.36. The Kier molecular flexibility index (Phi) is 8.22. The summed E-state index contributed by atoms with van der Waals surface area (Å²) in [6.45, 7) is 9.05. The van der Waals surface area contributed by atoms with Gasteiger partial charge in [0.05, 0.1) is 25.9 Å². The Balaban J connectivity index is 1.44. The normalized spacial score (nSPS) is 33.1. The van der Waals surface area contributed by atoms with E-state index in [1.807, 2.05) is 13.1 Å². The molecule has 3 aliphatic rings. The number of fused-ring (bicyclic) bond motifs is 2. The van der Waals surface area contributed by atoms with Crippen molar-refractivity contribution in [1.82, 2.24) is 4.90 Å². The first-order chi connectivity index (χ1) is 13.6. The summed E-state index contributed by atoms with van der Waals surface area (Å²) in [5, 5.41) is 0. The number of hydrogen-bond donors (Lipinski definition) is 1. The summed E-state index contributed by atoms with van der Waals surface area (Å²) in [5.74, 6) is 1.14. The van der Waals surface area contributed by atoms with Crippen molar-refractivity contribution < 1.29 is 9.47 Å². The van der Waals surface area contributed by atoms with Crippen LogP contribution in [0.3, 0.4) is 0 Å². The molecule has 1 unspecified atom stereocenters. The molecule has 3 atom stereocenters. The number of hydrogen-bond acceptors (Lipinski definition) is 5. The molecular weight excluding hydrogens is 350 g/mol. The maximum atomic E-state index is 6.14. The summed E-state index contributed by atoms with van der Waals surface area (Å²) in [6.07, 6.45) is 13.0. The summed E-state index contributed by atoms with van der Waals surface area (Å²) in [5.41, 5.74) is 7.09. The van der Waals surface area contributed by atoms with Gasteiger partial charge in [0.15, 0.2) is 5.88 Å². The van der Waals surface area contributed by atoms with E-state index in [0.29, 0.717) is 36.5 Å². The van der Waals surface area contributed by atoms with Gasteiger partial charge in [0, 0.05) is 29.9 Å². The van der Waals surface area contributed by atoms with E-state index < -0.39 is 0 Å². The molecule has 0 aromatic heterocycles. The molecule has 2 N–H and O–H groups in total. The van der Waals surface area contributed by atoms with E-state index in [1.54, 1.807) is 0 Å². The predicted molar refractivity (Wildman–Crippen MR) is 116 cm³/mol. The van der Waals surface area contributed by atoms with Crippen LogP contribution >= 0.6 is 0 Å². The minimum atomic E-state index is 0.432. The highest BCUT2D eigenvalue weighted by atomic mass is 16.5. The van der Waals surface area contributed by atoms with E-state index in [1.165, 1.54) is 51.4 Å². The van der Waals surface area contributed by atoms with Gasteiger partial charge in [-0.3, -0.25) is 9.89 Å². The fourth-order valence-electron chi connectivity index (χ4n) is 5.18. The number of allylic oxidation sites excluding steroid dienone is 1. The minimum absolute atomic E-state index is 0.432. The lowest BCUT2D eigenvalue weighted by Crippen LogP contribution is -2.52. The first-order valence-electron chi connectivity index (χ1n) is 11.6. The Morgan fingerprint density at radius 2 is 1.75 bits per heavy atom. The van der Waals surface area contributed by atoms with Crippen molar-refractivity contribution >= 4 is 6.21 Å². The van der Waals surface area contributed by atoms with E-state index in [9.17, 15) is 0 Å². The van der Waals surface area contributed by atoms with Crippen molar-refractivity contribution in [3.63, 3.8) is 0 Å². The number of aliphatic imine (C=N–C) groups is 1. The zero-order valence-corrected chi connectivity index (χ0v) is 18.2. The third-order valence-corrected chi connectivity index (χ3v) is 7.00. The molecule has 2 heterocycles. The van der Waals surface area contributed by atoms with Gasteiger partial charge in [-0.15, -0.1) is 0 Å². The van der Waals surface area contributed by atoms with Gasteiger partial charge in [-0.05, 0) is 57.8 Å². The Bertz CT molecular complexity index is 524. The van der Waals surface area contributed by atoms with Crippen LogP contribution in [0.2, 0.25) is 0 Å². The van der Waals surface area contributed by atoms with Crippen LogP contribution in [-0.4, -0.2) is 55.1 Å². The van der Waals surface area contributed by atoms with Gasteiger partial charge in [-0.2, -0.15) is 0 Å². The molecule has 2 saturated heterocycles. The van der Waals surface area contributed by atoms with Crippen LogP contribution < -0.4 is 5.73 Å². The summed E-state index contributed by atoms with van der Waals surface area (Å²) < 4.78 is 11.6. The molecule has 0 aromatic rings. The van der Waals surface area contributed by atoms with Crippen LogP contribution in [0.25, 0.3) is 0 Å². The maximum absolute atomic E-state index is 6.14. The molecule has 2 bridgehead atoms. The van der Waals surface area contributed by atoms with Gasteiger partial charge in [-0.1, -0.05) is 26.7 Å². The Morgan fingerprint density at radius 3 is 2.36 bits per heavy atom. The predicted octanol–water partition coefficient (Wildman–Crippen LogP) is 4.26. The molecule has 1 aliphatic carbocycles. The summed E-state index contributed by atoms with van der Waals surface area (Å²) in [6, 6.07) is 2.51. The van der Waals surface area contributed by atoms with Crippen molar-refractivity contribution in [3.05, 3.63) is 11.5 Å². The zero-order chi connectivity index (χ0) is 19.9. The lowest BCUT2D eigenvalue weighted by molar-refractivity contribution is -0.0439. The number of nitrogens with two attached hydrogens (primary N) is 1. The minimum Gasteiger partial charge on any atom is -0.479 e. The zero-order valence-electron chi connectivity index (χ0n) is 18.2. The van der Waals surface area contributed by atoms with Crippen LogP contribution in [0.1, 0.15) is 78.6 Å². The molecule has 3 fully saturated rings. The average Bonchev–Trinajstić information content (AvgIpc) is 2.97. The van der Waals surface area contributed by atoms with E-state index >= 15 is 0 Å². The number of ether oxygens (including phenoxy) is 2. The molecule has 3 rings (SSSR count). The smallest absolute Gasteiger partial charge is 0.188 e. The monoisotopic (exact) mass is 391 g/mol. The first kappa shape index (κ1) is 21.6. The summed E-state index contributed by atoms with van der Waals surface area (Å²) in [7, 11) is 0. The van der Waals surface area contributed by atoms with E-state index in [0.717, 1.165) is 31.2 Å². The van der Waals surface area contributed by atoms with Crippen molar-refractivity contribution in [2.45, 2.75) is 103 Å². The van der Waals surface area contributed by atoms with Gasteiger partial charge in [0.2, 0.25) is 0 Å². The molecule has 1 saturated carbocycles. The summed E-state index contributed by atoms with van der Waals surface area (Å²) in [4.78, 5) is 7.63. The highest BCUT2D eigenvalue weighted by molar-refractivity contribution is 5.78. The SMILES string of the molecule is CCCC(CC)COC(N)=C(C)C=NC1CCC(N2[C@@H]3CC[C@H]2COC3)CC1. The first-order valence-corrected chi connectivity index (χ1v) is 11.6. The quantitative estimate of drug-likeness (QED) is 0.471. The van der Waals surface area contributed by atoms with Crippen molar-refractivity contribution in [3.8, 4) is 0 Å². The third kappa shape index (κ3) is 5.50. The highest BCUT2D eigenvalue weighted by Gasteiger charge is 2.42. The van der Waals surface area contributed by atoms with E-state index in [4.69, 9.17) is 20.2 Å². The van der Waals surface area contributed by atoms with Gasteiger partial charge < -0.3 is 15.2 Å². The molecule has 0 amide bonds. The van der Waals surface area contributed by atoms with Gasteiger partial charge in [-0.25, -0.2) is 0 Å². The van der Waals surface area contributed by atoms with Crippen LogP contribution in [0.4, 0.5) is 0 Å². The second-order valence-electron chi connectivity index (χ2n) is 9.03. The van der Waals surface area contributed by atoms with Crippen LogP contribution in [0, 0.1) is 5.92 Å². The van der Waals surface area contributed by atoms with Crippen LogP contribution in [-0.2, 0) is 9.47 Å². The molecule has 0 aromatic carbocycles. The maximum Gasteiger partial charge on any atom is 0.188 e. The van der Waals surface area contributed by atoms with Crippen LogP contribution in [0.5, 0.6) is 0 Å². The fraction of sp³-hybridized carbons (Fsp3) is 0.870. The molecule has 160 valence electrons. The third-order valence-electron chi connectivity index (χ3n) is 7.00. The molecule has 0 radical (unpaired) electrons. The standard InChI is InChI=1S/C23H41N3O2/c1-4-6-18(5-2)14-28-23(24)17(3)13-25-19-7-9-20(10-8-19)26-21-11-12-22(26)16-27-15-21/h13,18-22H,4-12,14-16,24H2,1-3H3/t18?,19?,20?,21-,22+. The van der Waals surface area contributed by atoms with Crippen LogP contribution in [0.15, 0.2) is 16.4 Å². The lowest BCUT2D eigenvalue weighted by Gasteiger charge is -2.43. The van der Waals surface area contributed by atoms with Crippen molar-refractivity contribution in [1.29, 1.82) is 0 Å². The number of nitrogens with zero attached hydrogens (tertiary/aromatic N) is 2. The number of morpholine rings is 1. The second-order valence-corrected chi connectivity index (χ2v) is 9.03. The Morgan fingerprint density at radius 1 is 1.11 bits per heavy atom. The molecule has 2 aliphatic heterocycles. The topological polar surface area (TPSA) is 60.1 Å². The lowest BCUT2D eigenvalue weighted by atomic mass is 9.89. The van der Waals surface area contributed by atoms with Gasteiger partial charge in [0.25, 0.3) is 0 Å². The van der Waals surface area contributed by atoms with Gasteiger partial charge >= 0.3 is 0 Å². The number of rotatable bonds is 9. The van der Waals surface area contributed by atoms with Crippen molar-refractivity contribution in [2.75, 3.05) is 19.8 Å². The molecule has 5 heteroatoms. The van der Waals surface area contributed by atoms with Crippen molar-refractivity contribution in [2.24, 2.45) is 16.6 Å². The molecule has 5 nitrogen and oxygen atoms in total. The average molecular weight is 392 g/mol. The van der Waals surface area contributed by atoms with E-state index in [-0.39, 0.29) is 0 Å². The fourth-order valence-corrected chi connectivity index (χ4v) is 5.18. The second kappa shape index (κ2) is 10.6. The largest absolute Gasteiger partial charge is 0.479 e. The summed E-state index contributed by atoms with van der Waals surface area (Å²) >= 11 is 0. The van der Waals surface area contributed by atoms with E-state index in [2.05, 4.69) is 18.7 Å². The van der Waals surface area contributed by atoms with Gasteiger partial charge in [0.1, 0.15) is 0 Å². The molecule has 0 spiro atoms. The Hall–Kier alpha value is -1.07. The molecular formula is C23H41N3O2. The Labute approximate surface area is 171 Å².